The third-order valence-electron chi connectivity index (χ3n) is 2.88. The van der Waals surface area contributed by atoms with Gasteiger partial charge in [0.1, 0.15) is 0 Å². The van der Waals surface area contributed by atoms with E-state index < -0.39 is 0 Å². The maximum absolute atomic E-state index is 11.6. The van der Waals surface area contributed by atoms with Crippen molar-refractivity contribution in [2.45, 2.75) is 23.1 Å². The Balaban J connectivity index is 1.78. The number of fused-ring (bicyclic) bond motifs is 1. The summed E-state index contributed by atoms with van der Waals surface area (Å²) in [5.41, 5.74) is 1.36. The minimum absolute atomic E-state index is 0.0240. The molecule has 0 aliphatic carbocycles. The molecule has 1 aliphatic heterocycles. The highest BCUT2D eigenvalue weighted by atomic mass is 32.2. The highest BCUT2D eigenvalue weighted by molar-refractivity contribution is 8.00. The van der Waals surface area contributed by atoms with Gasteiger partial charge in [-0.1, -0.05) is 18.2 Å². The molecule has 17 heavy (non-hydrogen) atoms. The fraction of sp³-hybridized carbons (Fsp3) is 0.231. The van der Waals surface area contributed by atoms with E-state index in [0.717, 1.165) is 6.42 Å². The molecule has 0 N–H and O–H groups in total. The van der Waals surface area contributed by atoms with Crippen molar-refractivity contribution in [3.63, 3.8) is 0 Å². The Morgan fingerprint density at radius 1 is 1.29 bits per heavy atom. The van der Waals surface area contributed by atoms with Crippen molar-refractivity contribution in [3.8, 4) is 0 Å². The average molecular weight is 244 g/mol. The van der Waals surface area contributed by atoms with Gasteiger partial charge in [-0.05, 0) is 24.1 Å². The van der Waals surface area contributed by atoms with E-state index in [4.69, 9.17) is 0 Å². The van der Waals surface area contributed by atoms with E-state index in [1.54, 1.807) is 23.0 Å². The van der Waals surface area contributed by atoms with Crippen LogP contribution in [0.1, 0.15) is 5.56 Å². The van der Waals surface area contributed by atoms with E-state index >= 15 is 0 Å². The minimum Gasteiger partial charge on any atom is -0.268 e. The first-order valence-corrected chi connectivity index (χ1v) is 6.47. The summed E-state index contributed by atoms with van der Waals surface area (Å²) in [6.07, 6.45) is 2.68. The van der Waals surface area contributed by atoms with Crippen molar-refractivity contribution in [2.24, 2.45) is 0 Å². The van der Waals surface area contributed by atoms with Crippen LogP contribution < -0.4 is 5.56 Å². The van der Waals surface area contributed by atoms with Gasteiger partial charge in [-0.25, -0.2) is 4.68 Å². The quantitative estimate of drug-likeness (QED) is 0.810. The second-order valence-electron chi connectivity index (χ2n) is 4.10. The molecule has 1 aliphatic rings. The first-order valence-electron chi connectivity index (χ1n) is 5.59. The zero-order valence-corrected chi connectivity index (χ0v) is 10.1. The van der Waals surface area contributed by atoms with E-state index in [1.165, 1.54) is 10.5 Å². The normalized spacial score (nSPS) is 18.0. The second kappa shape index (κ2) is 4.37. The summed E-state index contributed by atoms with van der Waals surface area (Å²) in [5.74, 6) is 0. The Morgan fingerprint density at radius 3 is 3.00 bits per heavy atom. The summed E-state index contributed by atoms with van der Waals surface area (Å²) in [6, 6.07) is 11.6. The average Bonchev–Trinajstić information content (AvgIpc) is 2.74. The van der Waals surface area contributed by atoms with Crippen molar-refractivity contribution in [3.05, 3.63) is 58.5 Å². The van der Waals surface area contributed by atoms with Crippen molar-refractivity contribution < 1.29 is 0 Å². The number of thioether (sulfide) groups is 1. The molecular weight excluding hydrogens is 232 g/mol. The predicted octanol–water partition coefficient (Wildman–Crippen LogP) is 1.96. The van der Waals surface area contributed by atoms with E-state index in [0.29, 0.717) is 11.8 Å². The molecule has 1 aromatic carbocycles. The SMILES string of the molecule is O=c1cccnn1CC1Cc2ccccc2S1. The third-order valence-corrected chi connectivity index (χ3v) is 4.18. The van der Waals surface area contributed by atoms with Gasteiger partial charge in [-0.15, -0.1) is 11.8 Å². The van der Waals surface area contributed by atoms with Crippen LogP contribution >= 0.6 is 11.8 Å². The minimum atomic E-state index is -0.0240. The Bertz CT molecular complexity index is 569. The van der Waals surface area contributed by atoms with Gasteiger partial charge in [0.2, 0.25) is 0 Å². The van der Waals surface area contributed by atoms with E-state index in [2.05, 4.69) is 29.4 Å². The first-order chi connectivity index (χ1) is 8.33. The number of aromatic nitrogens is 2. The molecule has 3 rings (SSSR count). The van der Waals surface area contributed by atoms with Crippen LogP contribution in [0, 0.1) is 0 Å². The lowest BCUT2D eigenvalue weighted by atomic mass is 10.1. The standard InChI is InChI=1S/C13H12N2OS/c16-13-6-3-7-14-15(13)9-11-8-10-4-1-2-5-12(10)17-11/h1-7,11H,8-9H2. The topological polar surface area (TPSA) is 34.9 Å². The van der Waals surface area contributed by atoms with E-state index in [9.17, 15) is 4.79 Å². The summed E-state index contributed by atoms with van der Waals surface area (Å²) >= 11 is 1.84. The Hall–Kier alpha value is -1.55. The summed E-state index contributed by atoms with van der Waals surface area (Å²) in [6.45, 7) is 0.680. The largest absolute Gasteiger partial charge is 0.268 e. The lowest BCUT2D eigenvalue weighted by Crippen LogP contribution is -2.26. The lowest BCUT2D eigenvalue weighted by Gasteiger charge is -2.08. The molecule has 2 heterocycles. The van der Waals surface area contributed by atoms with Gasteiger partial charge in [0.05, 0.1) is 6.54 Å². The second-order valence-corrected chi connectivity index (χ2v) is 5.44. The van der Waals surface area contributed by atoms with Gasteiger partial charge in [0.15, 0.2) is 0 Å². The molecule has 1 aromatic heterocycles. The van der Waals surface area contributed by atoms with Gasteiger partial charge in [0.25, 0.3) is 5.56 Å². The highest BCUT2D eigenvalue weighted by Gasteiger charge is 2.22. The smallest absolute Gasteiger partial charge is 0.266 e. The van der Waals surface area contributed by atoms with Gasteiger partial charge in [-0.2, -0.15) is 5.10 Å². The molecule has 2 aromatic rings. The van der Waals surface area contributed by atoms with Crippen molar-refractivity contribution in [2.75, 3.05) is 0 Å². The van der Waals surface area contributed by atoms with Gasteiger partial charge < -0.3 is 0 Å². The number of rotatable bonds is 2. The Morgan fingerprint density at radius 2 is 2.18 bits per heavy atom. The van der Waals surface area contributed by atoms with Crippen LogP contribution in [0.4, 0.5) is 0 Å². The maximum Gasteiger partial charge on any atom is 0.266 e. The van der Waals surface area contributed by atoms with Crippen LogP contribution in [0.5, 0.6) is 0 Å². The molecule has 0 bridgehead atoms. The summed E-state index contributed by atoms with van der Waals surface area (Å²) in [7, 11) is 0. The molecule has 0 fully saturated rings. The predicted molar refractivity (Wildman–Crippen MR) is 68.3 cm³/mol. The fourth-order valence-corrected chi connectivity index (χ4v) is 3.37. The molecule has 0 amide bonds. The molecule has 4 heteroatoms. The third kappa shape index (κ3) is 2.13. The van der Waals surface area contributed by atoms with Crippen LogP contribution in [0.3, 0.4) is 0 Å². The molecule has 86 valence electrons. The molecule has 0 saturated heterocycles. The van der Waals surface area contributed by atoms with Crippen LogP contribution in [-0.4, -0.2) is 15.0 Å². The number of benzene rings is 1. The molecule has 1 unspecified atom stereocenters. The Kier molecular flexibility index (Phi) is 2.73. The Labute approximate surface area is 103 Å². The molecule has 3 nitrogen and oxygen atoms in total. The summed E-state index contributed by atoms with van der Waals surface area (Å²) in [5, 5.41) is 4.51. The number of nitrogens with zero attached hydrogens (tertiary/aromatic N) is 2. The van der Waals surface area contributed by atoms with Gasteiger partial charge in [0, 0.05) is 22.4 Å². The molecule has 0 saturated carbocycles. The zero-order chi connectivity index (χ0) is 11.7. The van der Waals surface area contributed by atoms with Gasteiger partial charge >= 0.3 is 0 Å². The molecule has 0 radical (unpaired) electrons. The maximum atomic E-state index is 11.6. The molecule has 1 atom stereocenters. The van der Waals surface area contributed by atoms with Crippen molar-refractivity contribution >= 4 is 11.8 Å². The van der Waals surface area contributed by atoms with Crippen LogP contribution in [0.2, 0.25) is 0 Å². The molecular formula is C13H12N2OS. The van der Waals surface area contributed by atoms with E-state index in [1.807, 2.05) is 11.8 Å². The summed E-state index contributed by atoms with van der Waals surface area (Å²) in [4.78, 5) is 12.9. The van der Waals surface area contributed by atoms with Crippen LogP contribution in [0.15, 0.2) is 52.3 Å². The van der Waals surface area contributed by atoms with Gasteiger partial charge in [-0.3, -0.25) is 4.79 Å². The monoisotopic (exact) mass is 244 g/mol. The first kappa shape index (κ1) is 10.6. The van der Waals surface area contributed by atoms with Crippen LogP contribution in [0.25, 0.3) is 0 Å². The summed E-state index contributed by atoms with van der Waals surface area (Å²) < 4.78 is 1.55. The van der Waals surface area contributed by atoms with Crippen molar-refractivity contribution in [1.82, 2.24) is 9.78 Å². The molecule has 0 spiro atoms. The van der Waals surface area contributed by atoms with Crippen LogP contribution in [-0.2, 0) is 13.0 Å². The fourth-order valence-electron chi connectivity index (χ4n) is 2.07. The zero-order valence-electron chi connectivity index (χ0n) is 9.24. The number of hydrogen-bond acceptors (Lipinski definition) is 3. The number of hydrogen-bond donors (Lipinski definition) is 0. The lowest BCUT2D eigenvalue weighted by molar-refractivity contribution is 0.562. The van der Waals surface area contributed by atoms with E-state index in [-0.39, 0.29) is 5.56 Å². The highest BCUT2D eigenvalue weighted by Crippen LogP contribution is 2.37. The van der Waals surface area contributed by atoms with Crippen molar-refractivity contribution in [1.29, 1.82) is 0 Å².